The zero-order chi connectivity index (χ0) is 14.4. The van der Waals surface area contributed by atoms with E-state index in [2.05, 4.69) is 29.1 Å². The maximum absolute atomic E-state index is 12.1. The van der Waals surface area contributed by atoms with E-state index in [4.69, 9.17) is 5.11 Å². The molecule has 0 atom stereocenters. The van der Waals surface area contributed by atoms with Crippen LogP contribution in [0.4, 0.5) is 0 Å². The van der Waals surface area contributed by atoms with Crippen LogP contribution in [0.1, 0.15) is 34.5 Å². The predicted octanol–water partition coefficient (Wildman–Crippen LogP) is 1.31. The molecular formula is C15H20N2O2S. The van der Waals surface area contributed by atoms with Gasteiger partial charge in [0.1, 0.15) is 4.88 Å². The second kappa shape index (κ2) is 7.44. The van der Waals surface area contributed by atoms with Crippen molar-refractivity contribution in [1.82, 2.24) is 10.2 Å². The molecule has 1 saturated carbocycles. The summed E-state index contributed by atoms with van der Waals surface area (Å²) in [4.78, 5) is 15.0. The van der Waals surface area contributed by atoms with Gasteiger partial charge in [-0.2, -0.15) is 0 Å². The second-order valence-electron chi connectivity index (χ2n) is 4.91. The molecule has 4 nitrogen and oxygen atoms in total. The monoisotopic (exact) mass is 292 g/mol. The van der Waals surface area contributed by atoms with E-state index in [0.717, 1.165) is 12.1 Å². The van der Waals surface area contributed by atoms with Crippen molar-refractivity contribution in [2.75, 3.05) is 26.7 Å². The van der Waals surface area contributed by atoms with Gasteiger partial charge in [0.15, 0.2) is 0 Å². The number of nitrogens with one attached hydrogen (secondary N) is 1. The Balaban J connectivity index is 1.82. The van der Waals surface area contributed by atoms with E-state index in [0.29, 0.717) is 23.9 Å². The summed E-state index contributed by atoms with van der Waals surface area (Å²) in [5.74, 6) is 5.72. The van der Waals surface area contributed by atoms with Gasteiger partial charge < -0.3 is 15.3 Å². The highest BCUT2D eigenvalue weighted by Gasteiger charge is 2.25. The molecule has 1 aliphatic carbocycles. The average Bonchev–Trinajstić information content (AvgIpc) is 3.18. The lowest BCUT2D eigenvalue weighted by atomic mass is 10.2. The van der Waals surface area contributed by atoms with Crippen molar-refractivity contribution < 1.29 is 9.90 Å². The van der Waals surface area contributed by atoms with Gasteiger partial charge in [-0.25, -0.2) is 0 Å². The SMILES string of the molecule is CN(CCNC(=O)c1sccc1C#CCCO)C1CC1. The van der Waals surface area contributed by atoms with Gasteiger partial charge in [0, 0.05) is 31.1 Å². The zero-order valence-electron chi connectivity index (χ0n) is 11.7. The van der Waals surface area contributed by atoms with Crippen LogP contribution in [-0.2, 0) is 0 Å². The van der Waals surface area contributed by atoms with Crippen molar-refractivity contribution in [3.63, 3.8) is 0 Å². The van der Waals surface area contributed by atoms with Crippen molar-refractivity contribution in [1.29, 1.82) is 0 Å². The molecule has 1 aromatic rings. The number of likely N-dealkylation sites (N-methyl/N-ethyl adjacent to an activating group) is 1. The maximum atomic E-state index is 12.1. The number of aliphatic hydroxyl groups is 1. The van der Waals surface area contributed by atoms with Crippen molar-refractivity contribution in [2.24, 2.45) is 0 Å². The molecule has 0 aromatic carbocycles. The van der Waals surface area contributed by atoms with Crippen LogP contribution in [0, 0.1) is 11.8 Å². The number of carbonyl (C=O) groups is 1. The van der Waals surface area contributed by atoms with Crippen LogP contribution >= 0.6 is 11.3 Å². The average molecular weight is 292 g/mol. The molecule has 0 unspecified atom stereocenters. The van der Waals surface area contributed by atoms with Gasteiger partial charge in [-0.1, -0.05) is 11.8 Å². The van der Waals surface area contributed by atoms with Crippen LogP contribution in [-0.4, -0.2) is 48.7 Å². The van der Waals surface area contributed by atoms with Crippen LogP contribution in [0.2, 0.25) is 0 Å². The topological polar surface area (TPSA) is 52.6 Å². The normalized spacial score (nSPS) is 13.9. The van der Waals surface area contributed by atoms with Gasteiger partial charge in [-0.15, -0.1) is 11.3 Å². The molecule has 1 amide bonds. The summed E-state index contributed by atoms with van der Waals surface area (Å²) in [5.41, 5.74) is 0.747. The molecule has 108 valence electrons. The summed E-state index contributed by atoms with van der Waals surface area (Å²) in [6.07, 6.45) is 2.99. The van der Waals surface area contributed by atoms with Crippen molar-refractivity contribution in [3.05, 3.63) is 21.9 Å². The van der Waals surface area contributed by atoms with E-state index >= 15 is 0 Å². The van der Waals surface area contributed by atoms with Gasteiger partial charge >= 0.3 is 0 Å². The van der Waals surface area contributed by atoms with Gasteiger partial charge in [0.05, 0.1) is 6.61 Å². The van der Waals surface area contributed by atoms with Crippen molar-refractivity contribution in [2.45, 2.75) is 25.3 Å². The largest absolute Gasteiger partial charge is 0.395 e. The quantitative estimate of drug-likeness (QED) is 0.777. The number of hydrogen-bond acceptors (Lipinski definition) is 4. The van der Waals surface area contributed by atoms with E-state index < -0.39 is 0 Å². The highest BCUT2D eigenvalue weighted by Crippen LogP contribution is 2.24. The fraction of sp³-hybridized carbons (Fsp3) is 0.533. The second-order valence-corrected chi connectivity index (χ2v) is 5.82. The molecule has 2 rings (SSSR count). The van der Waals surface area contributed by atoms with E-state index in [9.17, 15) is 4.79 Å². The van der Waals surface area contributed by atoms with E-state index in [1.807, 2.05) is 11.4 Å². The zero-order valence-corrected chi connectivity index (χ0v) is 12.5. The number of hydrogen-bond donors (Lipinski definition) is 2. The predicted molar refractivity (Wildman–Crippen MR) is 80.9 cm³/mol. The third-order valence-corrected chi connectivity index (χ3v) is 4.16. The van der Waals surface area contributed by atoms with Gasteiger partial charge in [0.25, 0.3) is 5.91 Å². The standard InChI is InChI=1S/C15H20N2O2S/c1-17(13-5-6-13)9-8-16-15(19)14-12(7-11-20-14)4-2-3-10-18/h7,11,13,18H,3,5-6,8-10H2,1H3,(H,16,19). The highest BCUT2D eigenvalue weighted by molar-refractivity contribution is 7.12. The minimum Gasteiger partial charge on any atom is -0.395 e. The third kappa shape index (κ3) is 4.34. The van der Waals surface area contributed by atoms with Crippen LogP contribution in [0.3, 0.4) is 0 Å². The molecule has 1 aliphatic rings. The summed E-state index contributed by atoms with van der Waals surface area (Å²) in [7, 11) is 2.10. The Kier molecular flexibility index (Phi) is 5.60. The molecule has 5 heteroatoms. The first kappa shape index (κ1) is 15.0. The number of aliphatic hydroxyl groups excluding tert-OH is 1. The molecule has 1 fully saturated rings. The Labute approximate surface area is 123 Å². The summed E-state index contributed by atoms with van der Waals surface area (Å²) >= 11 is 1.40. The van der Waals surface area contributed by atoms with Crippen LogP contribution in [0.5, 0.6) is 0 Å². The number of nitrogens with zero attached hydrogens (tertiary/aromatic N) is 1. The summed E-state index contributed by atoms with van der Waals surface area (Å²) in [5, 5.41) is 13.5. The van der Waals surface area contributed by atoms with E-state index in [1.54, 1.807) is 0 Å². The summed E-state index contributed by atoms with van der Waals surface area (Å²) in [6, 6.07) is 2.56. The molecule has 0 radical (unpaired) electrons. The lowest BCUT2D eigenvalue weighted by molar-refractivity contribution is 0.0953. The number of rotatable bonds is 6. The lowest BCUT2D eigenvalue weighted by Gasteiger charge is -2.15. The molecular weight excluding hydrogens is 272 g/mol. The first-order chi connectivity index (χ1) is 9.72. The molecule has 0 spiro atoms. The highest BCUT2D eigenvalue weighted by atomic mass is 32.1. The Hall–Kier alpha value is -1.35. The van der Waals surface area contributed by atoms with Crippen molar-refractivity contribution >= 4 is 17.2 Å². The molecule has 1 heterocycles. The maximum Gasteiger partial charge on any atom is 0.262 e. The Bertz CT molecular complexity index is 511. The molecule has 2 N–H and O–H groups in total. The van der Waals surface area contributed by atoms with E-state index in [-0.39, 0.29) is 12.5 Å². The third-order valence-electron chi connectivity index (χ3n) is 3.25. The van der Waals surface area contributed by atoms with Crippen LogP contribution in [0.15, 0.2) is 11.4 Å². The minimum atomic E-state index is -0.0579. The summed E-state index contributed by atoms with van der Waals surface area (Å²) < 4.78 is 0. The molecule has 1 aromatic heterocycles. The number of amides is 1. The molecule has 0 saturated heterocycles. The van der Waals surface area contributed by atoms with Crippen LogP contribution in [0.25, 0.3) is 0 Å². The van der Waals surface area contributed by atoms with Gasteiger partial charge in [0.2, 0.25) is 0 Å². The first-order valence-electron chi connectivity index (χ1n) is 6.88. The van der Waals surface area contributed by atoms with E-state index in [1.165, 1.54) is 24.2 Å². The lowest BCUT2D eigenvalue weighted by Crippen LogP contribution is -2.33. The fourth-order valence-corrected chi connectivity index (χ4v) is 2.69. The molecule has 0 aliphatic heterocycles. The van der Waals surface area contributed by atoms with Crippen molar-refractivity contribution in [3.8, 4) is 11.8 Å². The Morgan fingerprint density at radius 3 is 3.10 bits per heavy atom. The Morgan fingerprint density at radius 2 is 2.40 bits per heavy atom. The van der Waals surface area contributed by atoms with Crippen LogP contribution < -0.4 is 5.32 Å². The smallest absolute Gasteiger partial charge is 0.262 e. The minimum absolute atomic E-state index is 0.0478. The number of thiophene rings is 1. The number of carbonyl (C=O) groups excluding carboxylic acids is 1. The van der Waals surface area contributed by atoms with Gasteiger partial charge in [-0.05, 0) is 31.3 Å². The molecule has 0 bridgehead atoms. The Morgan fingerprint density at radius 1 is 1.60 bits per heavy atom. The molecule has 20 heavy (non-hydrogen) atoms. The summed E-state index contributed by atoms with van der Waals surface area (Å²) in [6.45, 7) is 1.59. The fourth-order valence-electron chi connectivity index (χ4n) is 1.92. The first-order valence-corrected chi connectivity index (χ1v) is 7.76. The van der Waals surface area contributed by atoms with Gasteiger partial charge in [-0.3, -0.25) is 4.79 Å².